The van der Waals surface area contributed by atoms with E-state index in [-0.39, 0.29) is 11.8 Å². The fourth-order valence-corrected chi connectivity index (χ4v) is 2.16. The van der Waals surface area contributed by atoms with Gasteiger partial charge in [-0.05, 0) is 12.0 Å². The van der Waals surface area contributed by atoms with Crippen molar-refractivity contribution >= 4 is 17.7 Å². The third kappa shape index (κ3) is 3.57. The van der Waals surface area contributed by atoms with Crippen molar-refractivity contribution in [1.29, 1.82) is 0 Å². The van der Waals surface area contributed by atoms with Crippen molar-refractivity contribution < 1.29 is 14.4 Å². The summed E-state index contributed by atoms with van der Waals surface area (Å²) in [6, 6.07) is 7.95. The Morgan fingerprint density at radius 2 is 2.05 bits per heavy atom. The molecule has 106 valence electrons. The third-order valence-electron chi connectivity index (χ3n) is 3.25. The van der Waals surface area contributed by atoms with Crippen LogP contribution in [0, 0.1) is 0 Å². The number of hydrogen-bond acceptors (Lipinski definition) is 3. The minimum Gasteiger partial charge on any atom is -0.368 e. The van der Waals surface area contributed by atoms with Gasteiger partial charge in [-0.1, -0.05) is 30.3 Å². The highest BCUT2D eigenvalue weighted by Gasteiger charge is 2.29. The van der Waals surface area contributed by atoms with Gasteiger partial charge in [0.05, 0.1) is 0 Å². The highest BCUT2D eigenvalue weighted by Crippen LogP contribution is 2.08. The molecule has 0 radical (unpaired) electrons. The average Bonchev–Trinajstić information content (AvgIpc) is 2.86. The molecular formula is C14H17N3O3. The fraction of sp³-hybridized carbons (Fsp3) is 0.357. The molecule has 1 saturated heterocycles. The van der Waals surface area contributed by atoms with Gasteiger partial charge in [-0.2, -0.15) is 0 Å². The smallest absolute Gasteiger partial charge is 0.243 e. The highest BCUT2D eigenvalue weighted by atomic mass is 16.2. The van der Waals surface area contributed by atoms with Crippen LogP contribution in [-0.4, -0.2) is 29.8 Å². The maximum atomic E-state index is 12.0. The van der Waals surface area contributed by atoms with E-state index in [1.54, 1.807) is 0 Å². The van der Waals surface area contributed by atoms with E-state index < -0.39 is 18.0 Å². The first-order valence-electron chi connectivity index (χ1n) is 6.49. The molecule has 2 unspecified atom stereocenters. The molecule has 2 atom stereocenters. The Kier molecular flexibility index (Phi) is 4.34. The van der Waals surface area contributed by atoms with E-state index in [0.29, 0.717) is 19.3 Å². The van der Waals surface area contributed by atoms with Crippen molar-refractivity contribution in [2.24, 2.45) is 5.73 Å². The molecule has 1 heterocycles. The van der Waals surface area contributed by atoms with E-state index >= 15 is 0 Å². The fourth-order valence-electron chi connectivity index (χ4n) is 2.16. The van der Waals surface area contributed by atoms with E-state index in [9.17, 15) is 14.4 Å². The summed E-state index contributed by atoms with van der Waals surface area (Å²) in [6.45, 7) is 0. The second-order valence-corrected chi connectivity index (χ2v) is 4.81. The minimum atomic E-state index is -0.776. The zero-order chi connectivity index (χ0) is 14.5. The van der Waals surface area contributed by atoms with E-state index in [1.165, 1.54) is 0 Å². The Morgan fingerprint density at radius 1 is 1.35 bits per heavy atom. The van der Waals surface area contributed by atoms with Gasteiger partial charge in [0.25, 0.3) is 0 Å². The zero-order valence-corrected chi connectivity index (χ0v) is 11.0. The molecule has 1 fully saturated rings. The van der Waals surface area contributed by atoms with Crippen LogP contribution in [0.4, 0.5) is 0 Å². The molecule has 0 aromatic heterocycles. The Bertz CT molecular complexity index is 516. The summed E-state index contributed by atoms with van der Waals surface area (Å²) in [5, 5.41) is 5.16. The predicted molar refractivity (Wildman–Crippen MR) is 72.4 cm³/mol. The van der Waals surface area contributed by atoms with E-state index in [4.69, 9.17) is 5.73 Å². The van der Waals surface area contributed by atoms with Crippen molar-refractivity contribution in [2.45, 2.75) is 31.3 Å². The van der Waals surface area contributed by atoms with Gasteiger partial charge in [-0.3, -0.25) is 14.4 Å². The average molecular weight is 275 g/mol. The van der Waals surface area contributed by atoms with Crippen molar-refractivity contribution in [3.63, 3.8) is 0 Å². The second-order valence-electron chi connectivity index (χ2n) is 4.81. The van der Waals surface area contributed by atoms with E-state index in [2.05, 4.69) is 10.6 Å². The van der Waals surface area contributed by atoms with Crippen LogP contribution >= 0.6 is 0 Å². The monoisotopic (exact) mass is 275 g/mol. The van der Waals surface area contributed by atoms with Crippen LogP contribution in [0.3, 0.4) is 0 Å². The number of amides is 3. The summed E-state index contributed by atoms with van der Waals surface area (Å²) in [7, 11) is 0. The first-order valence-corrected chi connectivity index (χ1v) is 6.49. The summed E-state index contributed by atoms with van der Waals surface area (Å²) in [5.41, 5.74) is 6.23. The largest absolute Gasteiger partial charge is 0.368 e. The molecule has 0 saturated carbocycles. The van der Waals surface area contributed by atoms with Crippen LogP contribution in [0.1, 0.15) is 18.4 Å². The molecule has 20 heavy (non-hydrogen) atoms. The number of primary amides is 1. The van der Waals surface area contributed by atoms with Crippen LogP contribution in [-0.2, 0) is 20.8 Å². The molecule has 1 aromatic rings. The van der Waals surface area contributed by atoms with Gasteiger partial charge >= 0.3 is 0 Å². The quantitative estimate of drug-likeness (QED) is 0.673. The topological polar surface area (TPSA) is 101 Å². The van der Waals surface area contributed by atoms with E-state index in [0.717, 1.165) is 5.56 Å². The van der Waals surface area contributed by atoms with Gasteiger partial charge in [-0.15, -0.1) is 0 Å². The second kappa shape index (κ2) is 6.18. The maximum Gasteiger partial charge on any atom is 0.243 e. The molecule has 2 rings (SSSR count). The van der Waals surface area contributed by atoms with Gasteiger partial charge in [0.1, 0.15) is 12.1 Å². The lowest BCUT2D eigenvalue weighted by molar-refractivity contribution is -0.129. The Morgan fingerprint density at radius 3 is 2.60 bits per heavy atom. The minimum absolute atomic E-state index is 0.149. The van der Waals surface area contributed by atoms with Crippen LogP contribution in [0.5, 0.6) is 0 Å². The SMILES string of the molecule is NC(=O)C(Cc1ccccc1)NC(=O)C1CCC(=O)N1. The van der Waals surface area contributed by atoms with Crippen molar-refractivity contribution in [2.75, 3.05) is 0 Å². The van der Waals surface area contributed by atoms with Gasteiger partial charge < -0.3 is 16.4 Å². The molecular weight excluding hydrogens is 258 g/mol. The molecule has 6 heteroatoms. The Labute approximate surface area is 116 Å². The molecule has 1 aliphatic rings. The zero-order valence-electron chi connectivity index (χ0n) is 11.0. The highest BCUT2D eigenvalue weighted by molar-refractivity contribution is 5.93. The first-order chi connectivity index (χ1) is 9.56. The van der Waals surface area contributed by atoms with Crippen molar-refractivity contribution in [3.05, 3.63) is 35.9 Å². The molecule has 0 spiro atoms. The number of carbonyl (C=O) groups is 3. The van der Waals surface area contributed by atoms with Crippen LogP contribution in [0.2, 0.25) is 0 Å². The van der Waals surface area contributed by atoms with Gasteiger partial charge in [0.2, 0.25) is 17.7 Å². The van der Waals surface area contributed by atoms with E-state index in [1.807, 2.05) is 30.3 Å². The molecule has 6 nitrogen and oxygen atoms in total. The van der Waals surface area contributed by atoms with Gasteiger partial charge in [-0.25, -0.2) is 0 Å². The van der Waals surface area contributed by atoms with Crippen LogP contribution in [0.25, 0.3) is 0 Å². The lowest BCUT2D eigenvalue weighted by Gasteiger charge is -2.18. The Hall–Kier alpha value is -2.37. The maximum absolute atomic E-state index is 12.0. The van der Waals surface area contributed by atoms with Gasteiger partial charge in [0, 0.05) is 12.8 Å². The summed E-state index contributed by atoms with van der Waals surface area (Å²) in [6.07, 6.45) is 1.11. The van der Waals surface area contributed by atoms with Crippen LogP contribution < -0.4 is 16.4 Å². The molecule has 1 aromatic carbocycles. The summed E-state index contributed by atoms with van der Waals surface area (Å²) in [5.74, 6) is -1.11. The molecule has 3 amide bonds. The third-order valence-corrected chi connectivity index (χ3v) is 3.25. The van der Waals surface area contributed by atoms with Crippen molar-refractivity contribution in [3.8, 4) is 0 Å². The number of benzene rings is 1. The predicted octanol–water partition coefficient (Wildman–Crippen LogP) is -0.522. The van der Waals surface area contributed by atoms with Crippen molar-refractivity contribution in [1.82, 2.24) is 10.6 Å². The normalized spacial score (nSPS) is 19.2. The molecule has 0 aliphatic carbocycles. The van der Waals surface area contributed by atoms with Crippen LogP contribution in [0.15, 0.2) is 30.3 Å². The molecule has 4 N–H and O–H groups in total. The summed E-state index contributed by atoms with van der Waals surface area (Å²) < 4.78 is 0. The summed E-state index contributed by atoms with van der Waals surface area (Å²) in [4.78, 5) is 34.5. The standard InChI is InChI=1S/C14H17N3O3/c15-13(19)11(8-9-4-2-1-3-5-9)17-14(20)10-6-7-12(18)16-10/h1-5,10-11H,6-8H2,(H2,15,19)(H,16,18)(H,17,20). The number of nitrogens with one attached hydrogen (secondary N) is 2. The lowest BCUT2D eigenvalue weighted by atomic mass is 10.0. The number of hydrogen-bond donors (Lipinski definition) is 3. The molecule has 0 bridgehead atoms. The number of rotatable bonds is 5. The van der Waals surface area contributed by atoms with Gasteiger partial charge in [0.15, 0.2) is 0 Å². The number of nitrogens with two attached hydrogens (primary N) is 1. The molecule has 1 aliphatic heterocycles. The Balaban J connectivity index is 1.97. The first kappa shape index (κ1) is 14.0. The summed E-state index contributed by atoms with van der Waals surface area (Å²) >= 11 is 0. The lowest BCUT2D eigenvalue weighted by Crippen LogP contribution is -2.51. The number of carbonyl (C=O) groups excluding carboxylic acids is 3.